The van der Waals surface area contributed by atoms with Crippen molar-refractivity contribution in [2.75, 3.05) is 0 Å². The average Bonchev–Trinajstić information content (AvgIpc) is 2.25. The van der Waals surface area contributed by atoms with Gasteiger partial charge in [-0.05, 0) is 42.4 Å². The summed E-state index contributed by atoms with van der Waals surface area (Å²) in [6.45, 7) is 12.1. The van der Waals surface area contributed by atoms with Crippen molar-refractivity contribution in [2.45, 2.75) is 66.7 Å². The number of hydrogen-bond acceptors (Lipinski definition) is 0. The first-order valence-corrected chi connectivity index (χ1v) is 6.51. The molecule has 1 fully saturated rings. The SMILES string of the molecule is CCC1CCC(C)C(C)(C)CC1CC. The smallest absolute Gasteiger partial charge is 0.0326 e. The maximum Gasteiger partial charge on any atom is -0.0326 e. The van der Waals surface area contributed by atoms with E-state index in [1.165, 1.54) is 32.1 Å². The molecule has 0 N–H and O–H groups in total. The molecule has 0 saturated heterocycles. The second-order valence-electron chi connectivity index (χ2n) is 6.01. The summed E-state index contributed by atoms with van der Waals surface area (Å²) >= 11 is 0. The molecule has 0 aromatic carbocycles. The zero-order valence-corrected chi connectivity index (χ0v) is 10.8. The monoisotopic (exact) mass is 196 g/mol. The van der Waals surface area contributed by atoms with Gasteiger partial charge < -0.3 is 0 Å². The fourth-order valence-electron chi connectivity index (χ4n) is 3.15. The van der Waals surface area contributed by atoms with Gasteiger partial charge in [-0.1, -0.05) is 47.5 Å². The van der Waals surface area contributed by atoms with Crippen molar-refractivity contribution in [3.05, 3.63) is 0 Å². The van der Waals surface area contributed by atoms with E-state index in [1.54, 1.807) is 0 Å². The van der Waals surface area contributed by atoms with Crippen LogP contribution in [0.25, 0.3) is 0 Å². The van der Waals surface area contributed by atoms with Gasteiger partial charge in [0.15, 0.2) is 0 Å². The molecule has 14 heavy (non-hydrogen) atoms. The molecule has 0 amide bonds. The van der Waals surface area contributed by atoms with Crippen molar-refractivity contribution in [2.24, 2.45) is 23.2 Å². The van der Waals surface area contributed by atoms with Crippen LogP contribution in [0.1, 0.15) is 66.7 Å². The van der Waals surface area contributed by atoms with E-state index in [-0.39, 0.29) is 0 Å². The molecule has 1 aliphatic carbocycles. The minimum atomic E-state index is 0.574. The van der Waals surface area contributed by atoms with Crippen LogP contribution in [-0.2, 0) is 0 Å². The van der Waals surface area contributed by atoms with Gasteiger partial charge in [0.1, 0.15) is 0 Å². The van der Waals surface area contributed by atoms with Gasteiger partial charge in [-0.2, -0.15) is 0 Å². The molecule has 0 radical (unpaired) electrons. The van der Waals surface area contributed by atoms with Gasteiger partial charge in [0.25, 0.3) is 0 Å². The molecule has 84 valence electrons. The summed E-state index contributed by atoms with van der Waals surface area (Å²) < 4.78 is 0. The third-order valence-corrected chi connectivity index (χ3v) is 4.81. The molecular weight excluding hydrogens is 168 g/mol. The third kappa shape index (κ3) is 2.52. The highest BCUT2D eigenvalue weighted by Gasteiger charge is 2.34. The van der Waals surface area contributed by atoms with Crippen LogP contribution >= 0.6 is 0 Å². The van der Waals surface area contributed by atoms with Crippen LogP contribution in [0.2, 0.25) is 0 Å². The molecule has 0 heteroatoms. The number of rotatable bonds is 2. The Hall–Kier alpha value is 0. The van der Waals surface area contributed by atoms with Crippen LogP contribution in [0.4, 0.5) is 0 Å². The van der Waals surface area contributed by atoms with Crippen LogP contribution in [-0.4, -0.2) is 0 Å². The van der Waals surface area contributed by atoms with Crippen LogP contribution in [0.3, 0.4) is 0 Å². The second kappa shape index (κ2) is 4.68. The van der Waals surface area contributed by atoms with E-state index in [2.05, 4.69) is 34.6 Å². The topological polar surface area (TPSA) is 0 Å². The second-order valence-corrected chi connectivity index (χ2v) is 6.01. The Labute approximate surface area is 90.5 Å². The average molecular weight is 196 g/mol. The fraction of sp³-hybridized carbons (Fsp3) is 1.00. The van der Waals surface area contributed by atoms with Crippen molar-refractivity contribution in [3.8, 4) is 0 Å². The molecule has 3 atom stereocenters. The van der Waals surface area contributed by atoms with Crippen LogP contribution in [0, 0.1) is 23.2 Å². The summed E-state index contributed by atoms with van der Waals surface area (Å²) in [5.74, 6) is 2.90. The molecule has 0 nitrogen and oxygen atoms in total. The predicted molar refractivity (Wildman–Crippen MR) is 64.4 cm³/mol. The van der Waals surface area contributed by atoms with Gasteiger partial charge in [-0.15, -0.1) is 0 Å². The summed E-state index contributed by atoms with van der Waals surface area (Å²) in [6.07, 6.45) is 7.14. The van der Waals surface area contributed by atoms with E-state index < -0.39 is 0 Å². The summed E-state index contributed by atoms with van der Waals surface area (Å²) in [5.41, 5.74) is 0.574. The summed E-state index contributed by atoms with van der Waals surface area (Å²) in [5, 5.41) is 0. The third-order valence-electron chi connectivity index (χ3n) is 4.81. The van der Waals surface area contributed by atoms with E-state index in [9.17, 15) is 0 Å². The van der Waals surface area contributed by atoms with E-state index in [4.69, 9.17) is 0 Å². The molecule has 0 spiro atoms. The van der Waals surface area contributed by atoms with Crippen molar-refractivity contribution in [1.29, 1.82) is 0 Å². The van der Waals surface area contributed by atoms with E-state index >= 15 is 0 Å². The highest BCUT2D eigenvalue weighted by Crippen LogP contribution is 2.45. The highest BCUT2D eigenvalue weighted by molar-refractivity contribution is 4.85. The van der Waals surface area contributed by atoms with Gasteiger partial charge in [-0.3, -0.25) is 0 Å². The minimum Gasteiger partial charge on any atom is -0.0651 e. The summed E-state index contributed by atoms with van der Waals surface area (Å²) in [6, 6.07) is 0. The Kier molecular flexibility index (Phi) is 4.04. The zero-order chi connectivity index (χ0) is 10.8. The molecule has 1 aliphatic rings. The molecule has 1 rings (SSSR count). The molecular formula is C14H28. The van der Waals surface area contributed by atoms with Crippen LogP contribution < -0.4 is 0 Å². The van der Waals surface area contributed by atoms with Gasteiger partial charge in [0.2, 0.25) is 0 Å². The Bertz CT molecular complexity index is 169. The summed E-state index contributed by atoms with van der Waals surface area (Å²) in [7, 11) is 0. The quantitative estimate of drug-likeness (QED) is 0.552. The summed E-state index contributed by atoms with van der Waals surface area (Å²) in [4.78, 5) is 0. The van der Waals surface area contributed by atoms with Crippen molar-refractivity contribution in [3.63, 3.8) is 0 Å². The van der Waals surface area contributed by atoms with Crippen LogP contribution in [0.15, 0.2) is 0 Å². The minimum absolute atomic E-state index is 0.574. The lowest BCUT2D eigenvalue weighted by Gasteiger charge is -2.33. The van der Waals surface area contributed by atoms with E-state index in [0.717, 1.165) is 17.8 Å². The molecule has 1 saturated carbocycles. The molecule has 0 aliphatic heterocycles. The molecule has 0 heterocycles. The van der Waals surface area contributed by atoms with E-state index in [0.29, 0.717) is 5.41 Å². The fourth-order valence-corrected chi connectivity index (χ4v) is 3.15. The van der Waals surface area contributed by atoms with Crippen molar-refractivity contribution >= 4 is 0 Å². The Morgan fingerprint density at radius 1 is 1.00 bits per heavy atom. The van der Waals surface area contributed by atoms with Crippen molar-refractivity contribution < 1.29 is 0 Å². The Morgan fingerprint density at radius 3 is 2.07 bits per heavy atom. The van der Waals surface area contributed by atoms with Gasteiger partial charge >= 0.3 is 0 Å². The first kappa shape index (κ1) is 12.1. The zero-order valence-electron chi connectivity index (χ0n) is 10.8. The van der Waals surface area contributed by atoms with Gasteiger partial charge in [0.05, 0.1) is 0 Å². The van der Waals surface area contributed by atoms with Crippen LogP contribution in [0.5, 0.6) is 0 Å². The maximum atomic E-state index is 2.47. The van der Waals surface area contributed by atoms with Crippen molar-refractivity contribution in [1.82, 2.24) is 0 Å². The Morgan fingerprint density at radius 2 is 1.57 bits per heavy atom. The maximum absolute atomic E-state index is 2.47. The largest absolute Gasteiger partial charge is 0.0651 e. The van der Waals surface area contributed by atoms with Gasteiger partial charge in [-0.25, -0.2) is 0 Å². The highest BCUT2D eigenvalue weighted by atomic mass is 14.4. The molecule has 0 aromatic heterocycles. The van der Waals surface area contributed by atoms with E-state index in [1.807, 2.05) is 0 Å². The lowest BCUT2D eigenvalue weighted by molar-refractivity contribution is 0.176. The van der Waals surface area contributed by atoms with Gasteiger partial charge in [0, 0.05) is 0 Å². The Balaban J connectivity index is 2.73. The first-order chi connectivity index (χ1) is 6.51. The molecule has 0 bridgehead atoms. The lowest BCUT2D eigenvalue weighted by atomic mass is 9.73. The molecule has 3 unspecified atom stereocenters. The normalized spacial score (nSPS) is 37.9. The standard InChI is InChI=1S/C14H28/c1-6-12-9-8-11(3)14(4,5)10-13(12)7-2/h11-13H,6-10H2,1-5H3. The number of hydrogen-bond donors (Lipinski definition) is 0. The predicted octanol–water partition coefficient (Wildman–Crippen LogP) is 4.89. The first-order valence-electron chi connectivity index (χ1n) is 6.51. The molecule has 0 aromatic rings. The lowest BCUT2D eigenvalue weighted by Crippen LogP contribution is -2.23.